The lowest BCUT2D eigenvalue weighted by Crippen LogP contribution is -2.36. The summed E-state index contributed by atoms with van der Waals surface area (Å²) in [5.41, 5.74) is 2.14. The van der Waals surface area contributed by atoms with Crippen LogP contribution in [0.2, 0.25) is 0 Å². The Morgan fingerprint density at radius 2 is 2.15 bits per heavy atom. The Morgan fingerprint density at radius 3 is 2.92 bits per heavy atom. The summed E-state index contributed by atoms with van der Waals surface area (Å²) in [6, 6.07) is 6.56. The summed E-state index contributed by atoms with van der Waals surface area (Å²) in [4.78, 5) is 26.7. The summed E-state index contributed by atoms with van der Waals surface area (Å²) >= 11 is 0. The minimum atomic E-state index is -0.461. The number of carbonyl (C=O) groups excluding carboxylic acids is 1. The molecule has 0 N–H and O–H groups in total. The van der Waals surface area contributed by atoms with E-state index < -0.39 is 5.82 Å². The number of hydrogen-bond donors (Lipinski definition) is 0. The summed E-state index contributed by atoms with van der Waals surface area (Å²) in [7, 11) is 0. The molecule has 3 aromatic rings. The fourth-order valence-electron chi connectivity index (χ4n) is 2.99. The van der Waals surface area contributed by atoms with E-state index in [2.05, 4.69) is 15.0 Å². The smallest absolute Gasteiger partial charge is 0.272 e. The minimum absolute atomic E-state index is 0.226. The highest BCUT2D eigenvalue weighted by Gasteiger charge is 2.26. The van der Waals surface area contributed by atoms with E-state index in [-0.39, 0.29) is 11.6 Å². The highest BCUT2D eigenvalue weighted by Crippen LogP contribution is 2.22. The number of pyridine rings is 2. The molecule has 4 heterocycles. The molecule has 4 rings (SSSR count). The van der Waals surface area contributed by atoms with Gasteiger partial charge in [0.2, 0.25) is 0 Å². The summed E-state index contributed by atoms with van der Waals surface area (Å²) < 4.78 is 18.8. The fraction of sp³-hybridized carbons (Fsp3) is 0.263. The molecular weight excluding hydrogens is 335 g/mol. The fourth-order valence-corrected chi connectivity index (χ4v) is 2.99. The average Bonchev–Trinajstić information content (AvgIpc) is 3.09. The van der Waals surface area contributed by atoms with Crippen LogP contribution in [0, 0.1) is 5.82 Å². The number of nitrogens with zero attached hydrogens (tertiary/aromatic N) is 4. The van der Waals surface area contributed by atoms with Gasteiger partial charge < -0.3 is 9.32 Å². The molecule has 6 nitrogen and oxygen atoms in total. The molecular formula is C19H17FN4O2. The molecule has 0 fully saturated rings. The van der Waals surface area contributed by atoms with Gasteiger partial charge in [0.05, 0.1) is 12.7 Å². The summed E-state index contributed by atoms with van der Waals surface area (Å²) in [5, 5.41) is 0. The Morgan fingerprint density at radius 1 is 1.23 bits per heavy atom. The Labute approximate surface area is 149 Å². The quantitative estimate of drug-likeness (QED) is 0.722. The van der Waals surface area contributed by atoms with E-state index in [9.17, 15) is 9.18 Å². The Balaban J connectivity index is 1.43. The first-order chi connectivity index (χ1) is 12.7. The van der Waals surface area contributed by atoms with E-state index in [4.69, 9.17) is 4.42 Å². The maximum atomic E-state index is 13.0. The van der Waals surface area contributed by atoms with Gasteiger partial charge in [-0.05, 0) is 30.2 Å². The second kappa shape index (κ2) is 7.03. The van der Waals surface area contributed by atoms with Crippen molar-refractivity contribution in [2.45, 2.75) is 25.8 Å². The first kappa shape index (κ1) is 16.4. The van der Waals surface area contributed by atoms with E-state index in [0.29, 0.717) is 31.8 Å². The molecule has 0 bridgehead atoms. The number of amides is 1. The van der Waals surface area contributed by atoms with Crippen LogP contribution in [0.4, 0.5) is 4.39 Å². The summed E-state index contributed by atoms with van der Waals surface area (Å²) in [6.45, 7) is 0.908. The first-order valence-electron chi connectivity index (χ1n) is 8.46. The van der Waals surface area contributed by atoms with Crippen molar-refractivity contribution in [2.24, 2.45) is 0 Å². The van der Waals surface area contributed by atoms with Crippen LogP contribution in [0.15, 0.2) is 47.3 Å². The number of carbonyl (C=O) groups is 1. The molecule has 0 atom stereocenters. The van der Waals surface area contributed by atoms with E-state index in [1.54, 1.807) is 11.1 Å². The van der Waals surface area contributed by atoms with Crippen LogP contribution in [0.3, 0.4) is 0 Å². The molecule has 0 aliphatic carbocycles. The van der Waals surface area contributed by atoms with Crippen LogP contribution in [0.1, 0.15) is 33.4 Å². The van der Waals surface area contributed by atoms with Gasteiger partial charge in [-0.25, -0.2) is 14.4 Å². The molecule has 0 radical (unpaired) electrons. The monoisotopic (exact) mass is 352 g/mol. The Hall–Kier alpha value is -3.09. The topological polar surface area (TPSA) is 72.1 Å². The largest absolute Gasteiger partial charge is 0.445 e. The molecule has 0 saturated carbocycles. The van der Waals surface area contributed by atoms with Crippen LogP contribution < -0.4 is 0 Å². The number of aryl methyl sites for hydroxylation is 2. The number of rotatable bonds is 4. The highest BCUT2D eigenvalue weighted by molar-refractivity contribution is 5.92. The van der Waals surface area contributed by atoms with Crippen molar-refractivity contribution in [1.82, 2.24) is 19.9 Å². The number of fused-ring (bicyclic) bond motifs is 1. The van der Waals surface area contributed by atoms with Gasteiger partial charge in [-0.1, -0.05) is 6.07 Å². The number of oxazole rings is 1. The van der Waals surface area contributed by atoms with Gasteiger partial charge in [0.25, 0.3) is 5.91 Å². The average molecular weight is 352 g/mol. The van der Waals surface area contributed by atoms with Crippen LogP contribution in [-0.4, -0.2) is 32.3 Å². The van der Waals surface area contributed by atoms with Crippen molar-refractivity contribution < 1.29 is 13.6 Å². The van der Waals surface area contributed by atoms with Crippen molar-refractivity contribution in [3.63, 3.8) is 0 Å². The van der Waals surface area contributed by atoms with Gasteiger partial charge >= 0.3 is 0 Å². The minimum Gasteiger partial charge on any atom is -0.445 e. The maximum absolute atomic E-state index is 13.0. The van der Waals surface area contributed by atoms with Crippen LogP contribution in [-0.2, 0) is 25.8 Å². The van der Waals surface area contributed by atoms with Gasteiger partial charge in [-0.15, -0.1) is 0 Å². The summed E-state index contributed by atoms with van der Waals surface area (Å²) in [5.74, 6) is 0.822. The van der Waals surface area contributed by atoms with Gasteiger partial charge in [0, 0.05) is 31.8 Å². The third-order valence-electron chi connectivity index (χ3n) is 4.36. The molecule has 0 aromatic carbocycles. The number of halogens is 1. The normalized spacial score (nSPS) is 13.5. The molecule has 1 aliphatic rings. The second-order valence-electron chi connectivity index (χ2n) is 6.18. The van der Waals surface area contributed by atoms with Crippen molar-refractivity contribution in [1.29, 1.82) is 0 Å². The lowest BCUT2D eigenvalue weighted by molar-refractivity contribution is 0.0722. The van der Waals surface area contributed by atoms with Crippen LogP contribution in [0.25, 0.3) is 0 Å². The zero-order valence-corrected chi connectivity index (χ0v) is 14.1. The molecule has 7 heteroatoms. The van der Waals surface area contributed by atoms with Crippen molar-refractivity contribution in [2.75, 3.05) is 6.54 Å². The van der Waals surface area contributed by atoms with Crippen molar-refractivity contribution in [3.05, 3.63) is 77.3 Å². The standard InChI is InChI=1S/C19H17FN4O2/c20-14-4-5-15(22-11-14)19(25)24-9-7-17-16(12-24)23-18(26-17)6-3-13-2-1-8-21-10-13/h1-2,4-5,8,10-11H,3,6-7,9,12H2. The van der Waals surface area contributed by atoms with Gasteiger partial charge in [0.15, 0.2) is 5.89 Å². The van der Waals surface area contributed by atoms with Crippen LogP contribution in [0.5, 0.6) is 0 Å². The Bertz CT molecular complexity index is 909. The van der Waals surface area contributed by atoms with E-state index in [1.807, 2.05) is 18.3 Å². The lowest BCUT2D eigenvalue weighted by Gasteiger charge is -2.24. The summed E-state index contributed by atoms with van der Waals surface area (Å²) in [6.07, 6.45) is 6.73. The molecule has 1 amide bonds. The molecule has 0 spiro atoms. The van der Waals surface area contributed by atoms with E-state index >= 15 is 0 Å². The molecule has 3 aromatic heterocycles. The van der Waals surface area contributed by atoms with Crippen LogP contribution >= 0.6 is 0 Å². The zero-order valence-electron chi connectivity index (χ0n) is 14.1. The highest BCUT2D eigenvalue weighted by atomic mass is 19.1. The van der Waals surface area contributed by atoms with E-state index in [0.717, 1.165) is 29.6 Å². The molecule has 0 unspecified atom stereocenters. The lowest BCUT2D eigenvalue weighted by atomic mass is 10.1. The molecule has 1 aliphatic heterocycles. The third kappa shape index (κ3) is 3.46. The van der Waals surface area contributed by atoms with Gasteiger partial charge in [0.1, 0.15) is 23.0 Å². The second-order valence-corrected chi connectivity index (χ2v) is 6.18. The molecule has 0 saturated heterocycles. The number of aromatic nitrogens is 3. The van der Waals surface area contributed by atoms with Crippen molar-refractivity contribution >= 4 is 5.91 Å². The Kier molecular flexibility index (Phi) is 4.43. The number of hydrogen-bond acceptors (Lipinski definition) is 5. The SMILES string of the molecule is O=C(c1ccc(F)cn1)N1CCc2oc(CCc3cccnc3)nc2C1. The van der Waals surface area contributed by atoms with Gasteiger partial charge in [-0.2, -0.15) is 0 Å². The molecule has 132 valence electrons. The predicted octanol–water partition coefficient (Wildman–Crippen LogP) is 2.59. The van der Waals surface area contributed by atoms with E-state index in [1.165, 1.54) is 12.1 Å². The third-order valence-corrected chi connectivity index (χ3v) is 4.36. The predicted molar refractivity (Wildman–Crippen MR) is 90.8 cm³/mol. The maximum Gasteiger partial charge on any atom is 0.272 e. The first-order valence-corrected chi connectivity index (χ1v) is 8.46. The van der Waals surface area contributed by atoms with Gasteiger partial charge in [-0.3, -0.25) is 9.78 Å². The molecule has 26 heavy (non-hydrogen) atoms. The zero-order chi connectivity index (χ0) is 17.9. The van der Waals surface area contributed by atoms with Crippen molar-refractivity contribution in [3.8, 4) is 0 Å².